The Morgan fingerprint density at radius 2 is 2.07 bits per heavy atom. The Bertz CT molecular complexity index is 260. The molecular formula is C12H21N3. The molecule has 3 nitrogen and oxygen atoms in total. The first-order valence-electron chi connectivity index (χ1n) is 6.11. The summed E-state index contributed by atoms with van der Waals surface area (Å²) in [5.74, 6) is 0. The maximum Gasteiger partial charge on any atom is 0.0518 e. The van der Waals surface area contributed by atoms with Crippen molar-refractivity contribution in [2.45, 2.75) is 57.5 Å². The van der Waals surface area contributed by atoms with Crippen molar-refractivity contribution in [1.29, 1.82) is 0 Å². The molecule has 1 aromatic heterocycles. The molecule has 84 valence electrons. The fourth-order valence-corrected chi connectivity index (χ4v) is 2.40. The number of hydrogen-bond donors (Lipinski definition) is 2. The summed E-state index contributed by atoms with van der Waals surface area (Å²) in [5, 5.41) is 10.7. The molecule has 0 bridgehead atoms. The van der Waals surface area contributed by atoms with E-state index in [1.165, 1.54) is 44.2 Å². The summed E-state index contributed by atoms with van der Waals surface area (Å²) < 4.78 is 0. The summed E-state index contributed by atoms with van der Waals surface area (Å²) in [4.78, 5) is 0. The molecule has 0 radical (unpaired) electrons. The first-order valence-corrected chi connectivity index (χ1v) is 6.11. The number of H-pyrrole nitrogens is 1. The van der Waals surface area contributed by atoms with Crippen LogP contribution >= 0.6 is 0 Å². The predicted octanol–water partition coefficient (Wildman–Crippen LogP) is 2.78. The summed E-state index contributed by atoms with van der Waals surface area (Å²) in [7, 11) is 0. The molecule has 0 aromatic carbocycles. The lowest BCUT2D eigenvalue weighted by atomic mass is 10.1. The second kappa shape index (κ2) is 5.31. The van der Waals surface area contributed by atoms with Gasteiger partial charge in [0.05, 0.1) is 5.69 Å². The van der Waals surface area contributed by atoms with Crippen molar-refractivity contribution < 1.29 is 0 Å². The lowest BCUT2D eigenvalue weighted by Gasteiger charge is -2.21. The van der Waals surface area contributed by atoms with E-state index in [2.05, 4.69) is 22.4 Å². The second-order valence-electron chi connectivity index (χ2n) is 4.59. The van der Waals surface area contributed by atoms with Gasteiger partial charge in [0.1, 0.15) is 0 Å². The Balaban J connectivity index is 1.84. The van der Waals surface area contributed by atoms with E-state index in [4.69, 9.17) is 0 Å². The van der Waals surface area contributed by atoms with Gasteiger partial charge in [-0.05, 0) is 25.8 Å². The summed E-state index contributed by atoms with van der Waals surface area (Å²) in [6.45, 7) is 2.21. The molecule has 15 heavy (non-hydrogen) atoms. The Morgan fingerprint density at radius 3 is 2.67 bits per heavy atom. The van der Waals surface area contributed by atoms with Crippen LogP contribution in [0.5, 0.6) is 0 Å². The predicted molar refractivity (Wildman–Crippen MR) is 61.6 cm³/mol. The van der Waals surface area contributed by atoms with Gasteiger partial charge in [-0.3, -0.25) is 5.10 Å². The van der Waals surface area contributed by atoms with Crippen LogP contribution < -0.4 is 5.32 Å². The monoisotopic (exact) mass is 207 g/mol. The normalized spacial score (nSPS) is 21.1. The van der Waals surface area contributed by atoms with Gasteiger partial charge < -0.3 is 5.32 Å². The maximum absolute atomic E-state index is 3.99. The van der Waals surface area contributed by atoms with Gasteiger partial charge in [-0.15, -0.1) is 0 Å². The molecule has 1 atom stereocenters. The van der Waals surface area contributed by atoms with E-state index in [0.29, 0.717) is 12.1 Å². The lowest BCUT2D eigenvalue weighted by Crippen LogP contribution is -2.31. The van der Waals surface area contributed by atoms with Crippen LogP contribution in [-0.4, -0.2) is 16.2 Å². The smallest absolute Gasteiger partial charge is 0.0518 e. The topological polar surface area (TPSA) is 40.7 Å². The highest BCUT2D eigenvalue weighted by atomic mass is 15.1. The van der Waals surface area contributed by atoms with E-state index in [1.54, 1.807) is 0 Å². The van der Waals surface area contributed by atoms with Crippen LogP contribution in [-0.2, 0) is 0 Å². The van der Waals surface area contributed by atoms with Gasteiger partial charge in [0, 0.05) is 18.3 Å². The van der Waals surface area contributed by atoms with Crippen LogP contribution in [0.2, 0.25) is 0 Å². The standard InChI is InChI=1S/C12H21N3/c1-10(12-8-9-13-15-12)14-11-6-4-2-3-5-7-11/h8-11,14H,2-7H2,1H3,(H,13,15). The van der Waals surface area contributed by atoms with E-state index < -0.39 is 0 Å². The van der Waals surface area contributed by atoms with Crippen LogP contribution in [0.3, 0.4) is 0 Å². The molecular weight excluding hydrogens is 186 g/mol. The average molecular weight is 207 g/mol. The minimum atomic E-state index is 0.399. The zero-order valence-corrected chi connectivity index (χ0v) is 9.50. The van der Waals surface area contributed by atoms with Crippen molar-refractivity contribution in [2.24, 2.45) is 0 Å². The highest BCUT2D eigenvalue weighted by Crippen LogP contribution is 2.20. The number of nitrogens with zero attached hydrogens (tertiary/aromatic N) is 1. The highest BCUT2D eigenvalue weighted by Gasteiger charge is 2.15. The Morgan fingerprint density at radius 1 is 1.33 bits per heavy atom. The molecule has 1 heterocycles. The van der Waals surface area contributed by atoms with Crippen LogP contribution in [0.4, 0.5) is 0 Å². The van der Waals surface area contributed by atoms with Gasteiger partial charge >= 0.3 is 0 Å². The number of rotatable bonds is 3. The first kappa shape index (κ1) is 10.7. The van der Waals surface area contributed by atoms with E-state index in [0.717, 1.165) is 0 Å². The van der Waals surface area contributed by atoms with Gasteiger partial charge in [-0.2, -0.15) is 5.10 Å². The molecule has 1 aromatic rings. The largest absolute Gasteiger partial charge is 0.306 e. The lowest BCUT2D eigenvalue weighted by molar-refractivity contribution is 0.409. The Labute approximate surface area is 91.7 Å². The van der Waals surface area contributed by atoms with E-state index >= 15 is 0 Å². The van der Waals surface area contributed by atoms with Gasteiger partial charge in [0.2, 0.25) is 0 Å². The third kappa shape index (κ3) is 3.06. The number of hydrogen-bond acceptors (Lipinski definition) is 2. The van der Waals surface area contributed by atoms with Gasteiger partial charge in [-0.25, -0.2) is 0 Å². The van der Waals surface area contributed by atoms with Gasteiger partial charge in [0.25, 0.3) is 0 Å². The summed E-state index contributed by atoms with van der Waals surface area (Å²) in [5.41, 5.74) is 1.19. The molecule has 3 heteroatoms. The second-order valence-corrected chi connectivity index (χ2v) is 4.59. The Hall–Kier alpha value is -0.830. The number of aromatic amines is 1. The molecule has 1 fully saturated rings. The minimum absolute atomic E-state index is 0.399. The quantitative estimate of drug-likeness (QED) is 0.748. The maximum atomic E-state index is 3.99. The van der Waals surface area contributed by atoms with Crippen LogP contribution in [0.25, 0.3) is 0 Å². The minimum Gasteiger partial charge on any atom is -0.306 e. The van der Waals surface area contributed by atoms with Crippen molar-refractivity contribution in [3.05, 3.63) is 18.0 Å². The van der Waals surface area contributed by atoms with Crippen molar-refractivity contribution in [3.8, 4) is 0 Å². The third-order valence-corrected chi connectivity index (χ3v) is 3.33. The van der Waals surface area contributed by atoms with E-state index in [-0.39, 0.29) is 0 Å². The molecule has 1 saturated carbocycles. The zero-order chi connectivity index (χ0) is 10.5. The fourth-order valence-electron chi connectivity index (χ4n) is 2.40. The van der Waals surface area contributed by atoms with Gasteiger partial charge in [0.15, 0.2) is 0 Å². The fraction of sp³-hybridized carbons (Fsp3) is 0.750. The van der Waals surface area contributed by atoms with Crippen molar-refractivity contribution in [3.63, 3.8) is 0 Å². The van der Waals surface area contributed by atoms with Crippen LogP contribution in [0, 0.1) is 0 Å². The summed E-state index contributed by atoms with van der Waals surface area (Å²) in [6.07, 6.45) is 10.1. The van der Waals surface area contributed by atoms with Gasteiger partial charge in [-0.1, -0.05) is 25.7 Å². The van der Waals surface area contributed by atoms with Crippen molar-refractivity contribution in [1.82, 2.24) is 15.5 Å². The van der Waals surface area contributed by atoms with Crippen molar-refractivity contribution in [2.75, 3.05) is 0 Å². The molecule has 0 amide bonds. The molecule has 0 spiro atoms. The number of aromatic nitrogens is 2. The molecule has 1 aliphatic carbocycles. The molecule has 2 N–H and O–H groups in total. The number of nitrogens with one attached hydrogen (secondary N) is 2. The highest BCUT2D eigenvalue weighted by molar-refractivity contribution is 5.03. The molecule has 0 aliphatic heterocycles. The summed E-state index contributed by atoms with van der Waals surface area (Å²) in [6, 6.07) is 3.15. The molecule has 1 aliphatic rings. The SMILES string of the molecule is CC(NC1CCCCCC1)c1ccn[nH]1. The van der Waals surface area contributed by atoms with Crippen molar-refractivity contribution >= 4 is 0 Å². The van der Waals surface area contributed by atoms with E-state index in [1.807, 2.05) is 12.3 Å². The molecule has 2 rings (SSSR count). The molecule has 0 saturated heterocycles. The van der Waals surface area contributed by atoms with E-state index in [9.17, 15) is 0 Å². The first-order chi connectivity index (χ1) is 7.36. The Kier molecular flexibility index (Phi) is 3.78. The third-order valence-electron chi connectivity index (χ3n) is 3.33. The summed E-state index contributed by atoms with van der Waals surface area (Å²) >= 11 is 0. The van der Waals surface area contributed by atoms with Crippen LogP contribution in [0.1, 0.15) is 57.2 Å². The molecule has 1 unspecified atom stereocenters. The van der Waals surface area contributed by atoms with Crippen LogP contribution in [0.15, 0.2) is 12.3 Å². The average Bonchev–Trinajstić information content (AvgIpc) is 2.65. The zero-order valence-electron chi connectivity index (χ0n) is 9.50.